The zero-order valence-corrected chi connectivity index (χ0v) is 15.4. The summed E-state index contributed by atoms with van der Waals surface area (Å²) in [4.78, 5) is 17.0. The van der Waals surface area contributed by atoms with Gasteiger partial charge in [0, 0.05) is 18.5 Å². The summed E-state index contributed by atoms with van der Waals surface area (Å²) in [6.45, 7) is 5.86. The molecule has 0 radical (unpaired) electrons. The van der Waals surface area contributed by atoms with Crippen molar-refractivity contribution in [1.82, 2.24) is 10.2 Å². The maximum atomic E-state index is 12.1. The Hall–Kier alpha value is -3.05. The minimum Gasteiger partial charge on any atom is -0.494 e. The number of pyridine rings is 1. The lowest BCUT2D eigenvalue weighted by molar-refractivity contribution is -0.327. The van der Waals surface area contributed by atoms with Gasteiger partial charge in [0.15, 0.2) is 0 Å². The number of carbonyl (C=O) groups is 1. The number of urea groups is 1. The first-order chi connectivity index (χ1) is 13.2. The van der Waals surface area contributed by atoms with Crippen LogP contribution in [0.1, 0.15) is 12.5 Å². The van der Waals surface area contributed by atoms with Gasteiger partial charge in [-0.2, -0.15) is 5.26 Å². The molecule has 8 nitrogen and oxygen atoms in total. The van der Waals surface area contributed by atoms with Crippen LogP contribution in [0.3, 0.4) is 0 Å². The van der Waals surface area contributed by atoms with Gasteiger partial charge < -0.3 is 19.7 Å². The van der Waals surface area contributed by atoms with Gasteiger partial charge in [0.1, 0.15) is 29.4 Å². The van der Waals surface area contributed by atoms with Crippen molar-refractivity contribution in [3.63, 3.8) is 0 Å². The third kappa shape index (κ3) is 4.77. The van der Waals surface area contributed by atoms with E-state index in [-0.39, 0.29) is 6.03 Å². The fourth-order valence-corrected chi connectivity index (χ4v) is 2.92. The number of nitrogens with one attached hydrogen (secondary N) is 3. The monoisotopic (exact) mass is 370 g/mol. The molecule has 0 spiro atoms. The van der Waals surface area contributed by atoms with Crippen LogP contribution < -0.4 is 20.4 Å². The van der Waals surface area contributed by atoms with Crippen LogP contribution in [0.25, 0.3) is 10.9 Å². The molecule has 0 atom stereocenters. The molecule has 0 bridgehead atoms. The quantitative estimate of drug-likeness (QED) is 0.748. The molecule has 1 aliphatic heterocycles. The Balaban J connectivity index is 1.59. The molecule has 27 heavy (non-hydrogen) atoms. The highest BCUT2D eigenvalue weighted by Gasteiger charge is 2.17. The second-order valence-corrected chi connectivity index (χ2v) is 6.11. The maximum Gasteiger partial charge on any atom is 0.317 e. The number of nitriles is 1. The Morgan fingerprint density at radius 1 is 1.33 bits per heavy atom. The number of anilines is 1. The minimum absolute atomic E-state index is 0.0912. The second-order valence-electron chi connectivity index (χ2n) is 6.11. The molecule has 2 amide bonds. The van der Waals surface area contributed by atoms with Crippen molar-refractivity contribution >= 4 is 22.8 Å². The van der Waals surface area contributed by atoms with Gasteiger partial charge in [-0.3, -0.25) is 5.32 Å². The van der Waals surface area contributed by atoms with E-state index in [0.29, 0.717) is 57.4 Å². The zero-order valence-electron chi connectivity index (χ0n) is 15.4. The molecule has 8 heteroatoms. The van der Waals surface area contributed by atoms with E-state index < -0.39 is 0 Å². The lowest BCUT2D eigenvalue weighted by Crippen LogP contribution is -2.47. The molecular weight excluding hydrogens is 346 g/mol. The van der Waals surface area contributed by atoms with E-state index >= 15 is 0 Å². The van der Waals surface area contributed by atoms with Crippen LogP contribution in [-0.4, -0.2) is 56.9 Å². The Morgan fingerprint density at radius 2 is 2.15 bits per heavy atom. The lowest BCUT2D eigenvalue weighted by atomic mass is 10.1. The molecule has 1 aromatic heterocycles. The molecule has 0 aliphatic carbocycles. The second kappa shape index (κ2) is 9.05. The van der Waals surface area contributed by atoms with Crippen LogP contribution in [0.15, 0.2) is 24.3 Å². The van der Waals surface area contributed by atoms with Crippen LogP contribution in [0.2, 0.25) is 0 Å². The predicted octanol–water partition coefficient (Wildman–Crippen LogP) is 1.38. The van der Waals surface area contributed by atoms with Crippen molar-refractivity contribution in [3.8, 4) is 11.8 Å². The number of benzene rings is 1. The van der Waals surface area contributed by atoms with Crippen LogP contribution in [0.5, 0.6) is 5.75 Å². The molecule has 1 fully saturated rings. The number of carbonyl (C=O) groups excluding carboxylic acids is 1. The number of hydrogen-bond acceptors (Lipinski definition) is 5. The summed E-state index contributed by atoms with van der Waals surface area (Å²) in [7, 11) is 0. The molecule has 0 unspecified atom stereocenters. The average molecular weight is 370 g/mol. The number of amides is 2. The van der Waals surface area contributed by atoms with Crippen LogP contribution in [0, 0.1) is 11.3 Å². The average Bonchev–Trinajstić information content (AvgIpc) is 2.71. The SMILES string of the molecule is CCOc1ccc2[nH+]c(NCCNC(=O)N3CCOCC3)c(C#N)cc2c1. The first-order valence-corrected chi connectivity index (χ1v) is 9.08. The smallest absolute Gasteiger partial charge is 0.317 e. The van der Waals surface area contributed by atoms with Crippen molar-refractivity contribution in [3.05, 3.63) is 29.8 Å². The number of rotatable bonds is 6. The third-order valence-corrected chi connectivity index (χ3v) is 4.28. The molecule has 1 aliphatic rings. The predicted molar refractivity (Wildman–Crippen MR) is 101 cm³/mol. The highest BCUT2D eigenvalue weighted by molar-refractivity contribution is 5.80. The van der Waals surface area contributed by atoms with E-state index in [1.807, 2.05) is 31.2 Å². The molecule has 2 aromatic rings. The number of hydrogen-bond donors (Lipinski definition) is 2. The van der Waals surface area contributed by atoms with Crippen LogP contribution in [-0.2, 0) is 4.74 Å². The number of H-pyrrole nitrogens is 1. The molecular formula is C19H24N5O3+. The number of morpholine rings is 1. The van der Waals surface area contributed by atoms with Gasteiger partial charge in [-0.15, -0.1) is 0 Å². The number of nitrogens with zero attached hydrogens (tertiary/aromatic N) is 2. The van der Waals surface area contributed by atoms with Crippen molar-refractivity contribution in [2.24, 2.45) is 0 Å². The number of fused-ring (bicyclic) bond motifs is 1. The minimum atomic E-state index is -0.0912. The number of aromatic amines is 1. The van der Waals surface area contributed by atoms with E-state index in [0.717, 1.165) is 16.7 Å². The maximum absolute atomic E-state index is 12.1. The molecule has 1 saturated heterocycles. The third-order valence-electron chi connectivity index (χ3n) is 4.28. The molecule has 3 N–H and O–H groups in total. The van der Waals surface area contributed by atoms with Gasteiger partial charge >= 0.3 is 6.03 Å². The van der Waals surface area contributed by atoms with Gasteiger partial charge in [-0.25, -0.2) is 9.78 Å². The Kier molecular flexibility index (Phi) is 6.28. The summed E-state index contributed by atoms with van der Waals surface area (Å²) in [6, 6.07) is 9.65. The van der Waals surface area contributed by atoms with Gasteiger partial charge in [0.05, 0.1) is 26.4 Å². The molecule has 0 saturated carbocycles. The van der Waals surface area contributed by atoms with E-state index in [2.05, 4.69) is 21.7 Å². The van der Waals surface area contributed by atoms with Gasteiger partial charge in [0.2, 0.25) is 0 Å². The standard InChI is InChI=1S/C19H23N5O3/c1-2-27-16-3-4-17-14(12-16)11-15(13-20)18(23-17)21-5-6-22-19(25)24-7-9-26-10-8-24/h3-4,11-12H,2,5-10H2,1H3,(H,21,23)(H,22,25)/p+1. The van der Waals surface area contributed by atoms with Gasteiger partial charge in [-0.05, 0) is 31.2 Å². The van der Waals surface area contributed by atoms with Gasteiger partial charge in [-0.1, -0.05) is 0 Å². The van der Waals surface area contributed by atoms with Crippen LogP contribution >= 0.6 is 0 Å². The summed E-state index contributed by atoms with van der Waals surface area (Å²) in [5.41, 5.74) is 1.41. The Morgan fingerprint density at radius 3 is 2.89 bits per heavy atom. The van der Waals surface area contributed by atoms with Crippen molar-refractivity contribution in [2.75, 3.05) is 51.3 Å². The number of ether oxygens (including phenoxy) is 2. The molecule has 142 valence electrons. The van der Waals surface area contributed by atoms with Gasteiger partial charge in [0.25, 0.3) is 5.82 Å². The Labute approximate surface area is 158 Å². The molecule has 3 rings (SSSR count). The van der Waals surface area contributed by atoms with Crippen molar-refractivity contribution < 1.29 is 19.3 Å². The topological polar surface area (TPSA) is 101 Å². The summed E-state index contributed by atoms with van der Waals surface area (Å²) in [5, 5.41) is 16.4. The fraction of sp³-hybridized carbons (Fsp3) is 0.421. The van der Waals surface area contributed by atoms with E-state index in [1.165, 1.54) is 0 Å². The summed E-state index contributed by atoms with van der Waals surface area (Å²) in [5.74, 6) is 1.41. The van der Waals surface area contributed by atoms with Crippen molar-refractivity contribution in [1.29, 1.82) is 5.26 Å². The van der Waals surface area contributed by atoms with E-state index in [1.54, 1.807) is 4.90 Å². The van der Waals surface area contributed by atoms with E-state index in [4.69, 9.17) is 9.47 Å². The molecule has 2 heterocycles. The molecule has 1 aromatic carbocycles. The van der Waals surface area contributed by atoms with Crippen LogP contribution in [0.4, 0.5) is 10.6 Å². The zero-order chi connectivity index (χ0) is 19.1. The normalized spacial score (nSPS) is 13.9. The highest BCUT2D eigenvalue weighted by Crippen LogP contribution is 2.21. The summed E-state index contributed by atoms with van der Waals surface area (Å²) < 4.78 is 10.7. The first-order valence-electron chi connectivity index (χ1n) is 9.08. The fourth-order valence-electron chi connectivity index (χ4n) is 2.92. The highest BCUT2D eigenvalue weighted by atomic mass is 16.5. The summed E-state index contributed by atoms with van der Waals surface area (Å²) in [6.07, 6.45) is 0. The largest absolute Gasteiger partial charge is 0.494 e. The number of aromatic nitrogens is 1. The first kappa shape index (κ1) is 18.7. The Bertz CT molecular complexity index is 843. The van der Waals surface area contributed by atoms with E-state index in [9.17, 15) is 10.1 Å². The summed E-state index contributed by atoms with van der Waals surface area (Å²) >= 11 is 0. The van der Waals surface area contributed by atoms with Crippen molar-refractivity contribution in [2.45, 2.75) is 6.92 Å². The lowest BCUT2D eigenvalue weighted by Gasteiger charge is -2.26.